The number of nitrogens with one attached hydrogen (secondary N) is 1. The zero-order chi connectivity index (χ0) is 10.6. The van der Waals surface area contributed by atoms with Gasteiger partial charge in [-0.05, 0) is 24.6 Å². The fourth-order valence-corrected chi connectivity index (χ4v) is 1.83. The highest BCUT2D eigenvalue weighted by atomic mass is 32.2. The maximum Gasteiger partial charge on any atom is 0.237 e. The molecule has 0 unspecified atom stereocenters. The molecule has 0 aliphatic rings. The topological polar surface area (TPSA) is 52.9 Å². The van der Waals surface area contributed by atoms with Gasteiger partial charge >= 0.3 is 0 Å². The summed E-state index contributed by atoms with van der Waals surface area (Å²) in [6.07, 6.45) is 1.88. The Bertz CT molecular complexity index is 367. The van der Waals surface area contributed by atoms with Crippen molar-refractivity contribution in [3.8, 4) is 6.07 Å². The van der Waals surface area contributed by atoms with E-state index in [2.05, 4.69) is 5.32 Å². The van der Waals surface area contributed by atoms with E-state index < -0.39 is 0 Å². The van der Waals surface area contributed by atoms with Crippen molar-refractivity contribution < 1.29 is 4.79 Å². The molecule has 1 atom stereocenters. The SMILES string of the molecule is CS[C@H](C)C(=O)Nc1sccc1C#N. The first kappa shape index (κ1) is 11.1. The van der Waals surface area contributed by atoms with E-state index >= 15 is 0 Å². The number of rotatable bonds is 3. The number of thioether (sulfide) groups is 1. The molecule has 0 radical (unpaired) electrons. The minimum Gasteiger partial charge on any atom is -0.316 e. The zero-order valence-corrected chi connectivity index (χ0v) is 9.54. The number of amides is 1. The first-order valence-electron chi connectivity index (χ1n) is 4.00. The smallest absolute Gasteiger partial charge is 0.237 e. The van der Waals surface area contributed by atoms with E-state index in [1.807, 2.05) is 19.2 Å². The summed E-state index contributed by atoms with van der Waals surface area (Å²) in [5.74, 6) is -0.0588. The molecule has 0 aromatic carbocycles. The summed E-state index contributed by atoms with van der Waals surface area (Å²) in [5, 5.41) is 13.8. The first-order chi connectivity index (χ1) is 6.69. The van der Waals surface area contributed by atoms with E-state index in [1.54, 1.807) is 11.4 Å². The third kappa shape index (κ3) is 2.50. The van der Waals surface area contributed by atoms with Gasteiger partial charge in [0.2, 0.25) is 5.91 Å². The molecular weight excluding hydrogens is 216 g/mol. The maximum atomic E-state index is 11.5. The highest BCUT2D eigenvalue weighted by molar-refractivity contribution is 7.99. The Labute approximate surface area is 91.1 Å². The van der Waals surface area contributed by atoms with Gasteiger partial charge in [-0.1, -0.05) is 0 Å². The van der Waals surface area contributed by atoms with Crippen LogP contribution in [0, 0.1) is 11.3 Å². The van der Waals surface area contributed by atoms with Gasteiger partial charge in [0.15, 0.2) is 0 Å². The van der Waals surface area contributed by atoms with Crippen LogP contribution in [-0.2, 0) is 4.79 Å². The summed E-state index contributed by atoms with van der Waals surface area (Å²) in [5.41, 5.74) is 0.525. The van der Waals surface area contributed by atoms with Crippen molar-refractivity contribution in [3.05, 3.63) is 17.0 Å². The van der Waals surface area contributed by atoms with Gasteiger partial charge in [-0.3, -0.25) is 4.79 Å². The van der Waals surface area contributed by atoms with Gasteiger partial charge in [-0.25, -0.2) is 0 Å². The quantitative estimate of drug-likeness (QED) is 0.860. The minimum atomic E-state index is -0.0938. The molecule has 0 saturated heterocycles. The fourth-order valence-electron chi connectivity index (χ4n) is 0.815. The molecule has 1 rings (SSSR count). The molecule has 1 heterocycles. The van der Waals surface area contributed by atoms with Crippen LogP contribution >= 0.6 is 23.1 Å². The van der Waals surface area contributed by atoms with E-state index in [4.69, 9.17) is 5.26 Å². The second-order valence-electron chi connectivity index (χ2n) is 2.64. The predicted molar refractivity (Wildman–Crippen MR) is 60.6 cm³/mol. The molecule has 3 nitrogen and oxygen atoms in total. The van der Waals surface area contributed by atoms with Crippen molar-refractivity contribution in [1.29, 1.82) is 5.26 Å². The molecule has 1 N–H and O–H groups in total. The number of carbonyl (C=O) groups is 1. The zero-order valence-electron chi connectivity index (χ0n) is 7.90. The summed E-state index contributed by atoms with van der Waals surface area (Å²) in [7, 11) is 0. The lowest BCUT2D eigenvalue weighted by atomic mass is 10.3. The number of hydrogen-bond acceptors (Lipinski definition) is 4. The standard InChI is InChI=1S/C9H10N2OS2/c1-6(13-2)8(12)11-9-7(5-10)3-4-14-9/h3-4,6H,1-2H3,(H,11,12)/t6-/m1/s1. The highest BCUT2D eigenvalue weighted by Crippen LogP contribution is 2.23. The number of nitrogens with zero attached hydrogens (tertiary/aromatic N) is 1. The Morgan fingerprint density at radius 2 is 2.50 bits per heavy atom. The van der Waals surface area contributed by atoms with Crippen molar-refractivity contribution in [2.75, 3.05) is 11.6 Å². The van der Waals surface area contributed by atoms with E-state index in [-0.39, 0.29) is 11.2 Å². The lowest BCUT2D eigenvalue weighted by Gasteiger charge is -2.07. The van der Waals surface area contributed by atoms with E-state index in [1.165, 1.54) is 23.1 Å². The second kappa shape index (κ2) is 5.03. The average molecular weight is 226 g/mol. The summed E-state index contributed by atoms with van der Waals surface area (Å²) in [4.78, 5) is 11.5. The number of carbonyl (C=O) groups excluding carboxylic acids is 1. The van der Waals surface area contributed by atoms with Crippen LogP contribution in [0.2, 0.25) is 0 Å². The Kier molecular flexibility index (Phi) is 3.98. The lowest BCUT2D eigenvalue weighted by Crippen LogP contribution is -2.21. The molecule has 0 bridgehead atoms. The molecule has 14 heavy (non-hydrogen) atoms. The number of nitriles is 1. The van der Waals surface area contributed by atoms with E-state index in [9.17, 15) is 4.79 Å². The normalized spacial score (nSPS) is 11.8. The number of hydrogen-bond donors (Lipinski definition) is 1. The average Bonchev–Trinajstić information content (AvgIpc) is 2.63. The van der Waals surface area contributed by atoms with E-state index in [0.717, 1.165) is 0 Å². The van der Waals surface area contributed by atoms with E-state index in [0.29, 0.717) is 10.6 Å². The molecule has 74 valence electrons. The lowest BCUT2D eigenvalue weighted by molar-refractivity contribution is -0.115. The Balaban J connectivity index is 2.70. The largest absolute Gasteiger partial charge is 0.316 e. The van der Waals surface area contributed by atoms with Crippen LogP contribution in [0.4, 0.5) is 5.00 Å². The summed E-state index contributed by atoms with van der Waals surface area (Å²) in [6.45, 7) is 1.83. The van der Waals surface area contributed by atoms with Crippen LogP contribution in [0.15, 0.2) is 11.4 Å². The van der Waals surface area contributed by atoms with Crippen LogP contribution < -0.4 is 5.32 Å². The van der Waals surface area contributed by atoms with Gasteiger partial charge in [0.25, 0.3) is 0 Å². The van der Waals surface area contributed by atoms with Crippen LogP contribution in [0.1, 0.15) is 12.5 Å². The van der Waals surface area contributed by atoms with Crippen LogP contribution in [0.3, 0.4) is 0 Å². The second-order valence-corrected chi connectivity index (χ2v) is 4.74. The fraction of sp³-hybridized carbons (Fsp3) is 0.333. The summed E-state index contributed by atoms with van der Waals surface area (Å²) in [6, 6.07) is 3.73. The Morgan fingerprint density at radius 1 is 1.79 bits per heavy atom. The number of thiophene rings is 1. The maximum absolute atomic E-state index is 11.5. The Hall–Kier alpha value is -0.990. The minimum absolute atomic E-state index is 0.0588. The molecule has 5 heteroatoms. The van der Waals surface area contributed by atoms with Crippen LogP contribution in [0.5, 0.6) is 0 Å². The van der Waals surface area contributed by atoms with Gasteiger partial charge in [0, 0.05) is 0 Å². The molecule has 0 saturated carbocycles. The van der Waals surface area contributed by atoms with Crippen molar-refractivity contribution in [2.45, 2.75) is 12.2 Å². The van der Waals surface area contributed by atoms with Crippen molar-refractivity contribution in [3.63, 3.8) is 0 Å². The molecule has 1 amide bonds. The molecule has 0 aliphatic heterocycles. The molecule has 0 spiro atoms. The van der Waals surface area contributed by atoms with Gasteiger partial charge in [0.1, 0.15) is 11.1 Å². The van der Waals surface area contributed by atoms with Gasteiger partial charge in [-0.15, -0.1) is 11.3 Å². The Morgan fingerprint density at radius 3 is 3.07 bits per heavy atom. The van der Waals surface area contributed by atoms with Crippen molar-refractivity contribution in [2.24, 2.45) is 0 Å². The van der Waals surface area contributed by atoms with Gasteiger partial charge < -0.3 is 5.32 Å². The molecular formula is C9H10N2OS2. The van der Waals surface area contributed by atoms with Crippen molar-refractivity contribution >= 4 is 34.0 Å². The summed E-state index contributed by atoms with van der Waals surface area (Å²) >= 11 is 2.84. The third-order valence-electron chi connectivity index (χ3n) is 1.75. The monoisotopic (exact) mass is 226 g/mol. The molecule has 0 fully saturated rings. The number of anilines is 1. The van der Waals surface area contributed by atoms with Crippen molar-refractivity contribution in [1.82, 2.24) is 0 Å². The van der Waals surface area contributed by atoms with Crippen LogP contribution in [-0.4, -0.2) is 17.4 Å². The molecule has 1 aromatic rings. The van der Waals surface area contributed by atoms with Gasteiger partial charge in [-0.2, -0.15) is 17.0 Å². The highest BCUT2D eigenvalue weighted by Gasteiger charge is 2.13. The predicted octanol–water partition coefficient (Wildman–Crippen LogP) is 2.31. The first-order valence-corrected chi connectivity index (χ1v) is 6.17. The molecule has 0 aliphatic carbocycles. The third-order valence-corrected chi connectivity index (χ3v) is 3.50. The molecule has 1 aromatic heterocycles. The van der Waals surface area contributed by atoms with Gasteiger partial charge in [0.05, 0.1) is 10.8 Å². The summed E-state index contributed by atoms with van der Waals surface area (Å²) < 4.78 is 0. The van der Waals surface area contributed by atoms with Crippen LogP contribution in [0.25, 0.3) is 0 Å².